The van der Waals surface area contributed by atoms with E-state index in [-0.39, 0.29) is 5.41 Å². The molecule has 0 aliphatic heterocycles. The molecule has 4 heteroatoms. The van der Waals surface area contributed by atoms with Gasteiger partial charge in [0, 0.05) is 38.3 Å². The Morgan fingerprint density at radius 3 is 2.83 bits per heavy atom. The monoisotopic (exact) mass is 248 g/mol. The van der Waals surface area contributed by atoms with Crippen LogP contribution in [0, 0.1) is 16.7 Å². The van der Waals surface area contributed by atoms with Gasteiger partial charge in [-0.1, -0.05) is 20.8 Å². The highest BCUT2D eigenvalue weighted by Crippen LogP contribution is 2.21. The largest absolute Gasteiger partial charge is 0.312 e. The van der Waals surface area contributed by atoms with Gasteiger partial charge in [-0.05, 0) is 18.3 Å². The molecule has 0 saturated heterocycles. The zero-order valence-corrected chi connectivity index (χ0v) is 12.0. The first-order valence-corrected chi connectivity index (χ1v) is 6.57. The van der Waals surface area contributed by atoms with Crippen LogP contribution in [0.3, 0.4) is 0 Å². The number of aromatic nitrogens is 2. The second kappa shape index (κ2) is 6.55. The molecule has 0 unspecified atom stereocenters. The minimum absolute atomic E-state index is 0.171. The lowest BCUT2D eigenvalue weighted by atomic mass is 9.88. The van der Waals surface area contributed by atoms with Crippen LogP contribution in [-0.2, 0) is 20.0 Å². The quantitative estimate of drug-likeness (QED) is 0.806. The molecular formula is C14H24N4. The van der Waals surface area contributed by atoms with Crippen molar-refractivity contribution >= 4 is 0 Å². The predicted octanol–water partition coefficient (Wildman–Crippen LogP) is 2.40. The van der Waals surface area contributed by atoms with Crippen molar-refractivity contribution in [3.63, 3.8) is 0 Å². The Morgan fingerprint density at radius 1 is 1.50 bits per heavy atom. The van der Waals surface area contributed by atoms with Gasteiger partial charge in [-0.25, -0.2) is 0 Å². The molecule has 0 aliphatic rings. The molecule has 0 bridgehead atoms. The predicted molar refractivity (Wildman–Crippen MR) is 72.9 cm³/mol. The lowest BCUT2D eigenvalue weighted by Gasteiger charge is -2.23. The zero-order valence-electron chi connectivity index (χ0n) is 12.0. The third-order valence-electron chi connectivity index (χ3n) is 3.16. The van der Waals surface area contributed by atoms with Crippen LogP contribution in [0.4, 0.5) is 0 Å². The highest BCUT2D eigenvalue weighted by Gasteiger charge is 2.17. The summed E-state index contributed by atoms with van der Waals surface area (Å²) >= 11 is 0. The van der Waals surface area contributed by atoms with Crippen molar-refractivity contribution in [2.75, 3.05) is 6.54 Å². The minimum atomic E-state index is 0.171. The fraction of sp³-hybridized carbons (Fsp3) is 0.714. The number of nitriles is 1. The van der Waals surface area contributed by atoms with Gasteiger partial charge in [0.25, 0.3) is 0 Å². The van der Waals surface area contributed by atoms with E-state index in [0.29, 0.717) is 6.42 Å². The zero-order chi connectivity index (χ0) is 13.6. The van der Waals surface area contributed by atoms with Crippen molar-refractivity contribution in [1.29, 1.82) is 5.26 Å². The summed E-state index contributed by atoms with van der Waals surface area (Å²) < 4.78 is 1.87. The first-order chi connectivity index (χ1) is 8.48. The highest BCUT2D eigenvalue weighted by molar-refractivity contribution is 5.16. The molecule has 0 amide bonds. The van der Waals surface area contributed by atoms with Crippen LogP contribution < -0.4 is 5.32 Å². The number of hydrogen-bond acceptors (Lipinski definition) is 3. The van der Waals surface area contributed by atoms with Crippen LogP contribution in [-0.4, -0.2) is 16.3 Å². The first kappa shape index (κ1) is 14.7. The van der Waals surface area contributed by atoms with E-state index in [9.17, 15) is 0 Å². The average Bonchev–Trinajstić information content (AvgIpc) is 2.67. The fourth-order valence-electron chi connectivity index (χ4n) is 2.05. The van der Waals surface area contributed by atoms with Crippen LogP contribution >= 0.6 is 0 Å². The van der Waals surface area contributed by atoms with E-state index in [2.05, 4.69) is 43.5 Å². The summed E-state index contributed by atoms with van der Waals surface area (Å²) in [6.07, 6.45) is 4.61. The lowest BCUT2D eigenvalue weighted by molar-refractivity contribution is 0.317. The molecule has 1 N–H and O–H groups in total. The molecule has 1 aromatic rings. The summed E-state index contributed by atoms with van der Waals surface area (Å²) in [5, 5.41) is 16.5. The van der Waals surface area contributed by atoms with Gasteiger partial charge in [-0.2, -0.15) is 10.4 Å². The molecule has 0 aliphatic carbocycles. The van der Waals surface area contributed by atoms with Gasteiger partial charge in [-0.3, -0.25) is 4.68 Å². The molecule has 1 rings (SSSR count). The summed E-state index contributed by atoms with van der Waals surface area (Å²) in [4.78, 5) is 0. The summed E-state index contributed by atoms with van der Waals surface area (Å²) in [5.41, 5.74) is 2.61. The van der Waals surface area contributed by atoms with Gasteiger partial charge < -0.3 is 5.32 Å². The fourth-order valence-corrected chi connectivity index (χ4v) is 2.05. The number of hydrogen-bond donors (Lipinski definition) is 1. The van der Waals surface area contributed by atoms with Crippen LogP contribution in [0.25, 0.3) is 0 Å². The second-order valence-corrected chi connectivity index (χ2v) is 5.55. The van der Waals surface area contributed by atoms with Crippen molar-refractivity contribution in [2.24, 2.45) is 12.5 Å². The van der Waals surface area contributed by atoms with Crippen molar-refractivity contribution in [3.05, 3.63) is 17.5 Å². The Bertz CT molecular complexity index is 412. The van der Waals surface area contributed by atoms with Crippen molar-refractivity contribution < 1.29 is 0 Å². The van der Waals surface area contributed by atoms with Gasteiger partial charge in [0.15, 0.2) is 0 Å². The normalized spacial score (nSPS) is 11.5. The van der Waals surface area contributed by atoms with Crippen LogP contribution in [0.5, 0.6) is 0 Å². The molecule has 0 radical (unpaired) electrons. The molecule has 0 fully saturated rings. The molecule has 18 heavy (non-hydrogen) atoms. The lowest BCUT2D eigenvalue weighted by Crippen LogP contribution is -2.29. The maximum absolute atomic E-state index is 8.62. The molecular weight excluding hydrogens is 224 g/mol. The van der Waals surface area contributed by atoms with E-state index in [1.165, 1.54) is 11.3 Å². The maximum Gasteiger partial charge on any atom is 0.0666 e. The molecule has 0 aromatic carbocycles. The summed E-state index contributed by atoms with van der Waals surface area (Å²) in [6.45, 7) is 8.30. The van der Waals surface area contributed by atoms with Crippen molar-refractivity contribution in [3.8, 4) is 6.07 Å². The summed E-state index contributed by atoms with van der Waals surface area (Å²) in [7, 11) is 1.96. The molecule has 0 spiro atoms. The Hall–Kier alpha value is -1.34. The Labute approximate surface area is 110 Å². The van der Waals surface area contributed by atoms with E-state index in [4.69, 9.17) is 5.26 Å². The van der Waals surface area contributed by atoms with E-state index >= 15 is 0 Å². The van der Waals surface area contributed by atoms with Crippen LogP contribution in [0.2, 0.25) is 0 Å². The van der Waals surface area contributed by atoms with Gasteiger partial charge in [0.2, 0.25) is 0 Å². The van der Waals surface area contributed by atoms with Crippen LogP contribution in [0.1, 0.15) is 44.9 Å². The van der Waals surface area contributed by atoms with E-state index in [0.717, 1.165) is 25.9 Å². The van der Waals surface area contributed by atoms with Gasteiger partial charge in [0.05, 0.1) is 11.8 Å². The molecule has 100 valence electrons. The second-order valence-electron chi connectivity index (χ2n) is 5.55. The molecule has 0 atom stereocenters. The SMILES string of the molecule is CCc1nn(C)cc1CNCC(C)(C)CCC#N. The molecule has 4 nitrogen and oxygen atoms in total. The van der Waals surface area contributed by atoms with E-state index in [1.807, 2.05) is 11.7 Å². The third-order valence-corrected chi connectivity index (χ3v) is 3.16. The standard InChI is InChI=1S/C14H24N4/c1-5-13-12(10-18(4)17-13)9-16-11-14(2,3)7-6-8-15/h10,16H,5-7,9,11H2,1-4H3. The number of nitrogens with zero attached hydrogens (tertiary/aromatic N) is 3. The average molecular weight is 248 g/mol. The number of rotatable bonds is 7. The maximum atomic E-state index is 8.62. The number of nitrogens with one attached hydrogen (secondary N) is 1. The first-order valence-electron chi connectivity index (χ1n) is 6.57. The summed E-state index contributed by atoms with van der Waals surface area (Å²) in [6, 6.07) is 2.21. The summed E-state index contributed by atoms with van der Waals surface area (Å²) in [5.74, 6) is 0. The molecule has 1 aromatic heterocycles. The molecule has 1 heterocycles. The minimum Gasteiger partial charge on any atom is -0.312 e. The molecule has 0 saturated carbocycles. The topological polar surface area (TPSA) is 53.6 Å². The highest BCUT2D eigenvalue weighted by atomic mass is 15.3. The van der Waals surface area contributed by atoms with Crippen molar-refractivity contribution in [2.45, 2.75) is 46.6 Å². The van der Waals surface area contributed by atoms with E-state index < -0.39 is 0 Å². The Morgan fingerprint density at radius 2 is 2.22 bits per heavy atom. The van der Waals surface area contributed by atoms with Crippen molar-refractivity contribution in [1.82, 2.24) is 15.1 Å². The van der Waals surface area contributed by atoms with E-state index in [1.54, 1.807) is 0 Å². The van der Waals surface area contributed by atoms with Gasteiger partial charge in [0.1, 0.15) is 0 Å². The van der Waals surface area contributed by atoms with Gasteiger partial charge in [-0.15, -0.1) is 0 Å². The Balaban J connectivity index is 2.43. The smallest absolute Gasteiger partial charge is 0.0666 e. The van der Waals surface area contributed by atoms with Gasteiger partial charge >= 0.3 is 0 Å². The number of aryl methyl sites for hydroxylation is 2. The third kappa shape index (κ3) is 4.50. The Kier molecular flexibility index (Phi) is 5.36. The van der Waals surface area contributed by atoms with Crippen LogP contribution in [0.15, 0.2) is 6.20 Å².